The Balaban J connectivity index is 1.87. The van der Waals surface area contributed by atoms with Crippen LogP contribution in [0.15, 0.2) is 36.5 Å². The highest BCUT2D eigenvalue weighted by Gasteiger charge is 2.05. The van der Waals surface area contributed by atoms with E-state index in [1.807, 2.05) is 19.2 Å². The predicted octanol–water partition coefficient (Wildman–Crippen LogP) is 3.62. The molecule has 0 bridgehead atoms. The fourth-order valence-electron chi connectivity index (χ4n) is 1.69. The van der Waals surface area contributed by atoms with Crippen LogP contribution in [0.5, 0.6) is 0 Å². The highest BCUT2D eigenvalue weighted by atomic mass is 32.1. The second-order valence-electron chi connectivity index (χ2n) is 3.94. The van der Waals surface area contributed by atoms with Gasteiger partial charge in [0, 0.05) is 7.05 Å². The third-order valence-corrected chi connectivity index (χ3v) is 3.55. The Morgan fingerprint density at radius 1 is 1.21 bits per heavy atom. The van der Waals surface area contributed by atoms with Gasteiger partial charge < -0.3 is 10.6 Å². The molecule has 0 unspecified atom stereocenters. The van der Waals surface area contributed by atoms with Crippen molar-refractivity contribution in [2.75, 3.05) is 17.7 Å². The maximum Gasteiger partial charge on any atom is 0.188 e. The molecule has 96 valence electrons. The van der Waals surface area contributed by atoms with E-state index in [1.165, 1.54) is 23.5 Å². The van der Waals surface area contributed by atoms with Gasteiger partial charge in [-0.1, -0.05) is 11.3 Å². The first-order valence-corrected chi connectivity index (χ1v) is 6.53. The molecule has 0 atom stereocenters. The first-order valence-electron chi connectivity index (χ1n) is 5.71. The zero-order valence-electron chi connectivity index (χ0n) is 10.1. The molecule has 0 saturated carbocycles. The van der Waals surface area contributed by atoms with Gasteiger partial charge in [0.2, 0.25) is 0 Å². The maximum atomic E-state index is 13.1. The molecule has 2 heterocycles. The van der Waals surface area contributed by atoms with Crippen LogP contribution < -0.4 is 10.6 Å². The van der Waals surface area contributed by atoms with E-state index in [2.05, 4.69) is 20.6 Å². The molecular weight excluding hydrogens is 263 g/mol. The van der Waals surface area contributed by atoms with Gasteiger partial charge in [0.1, 0.15) is 11.6 Å². The molecule has 19 heavy (non-hydrogen) atoms. The van der Waals surface area contributed by atoms with Gasteiger partial charge in [-0.25, -0.2) is 14.4 Å². The second kappa shape index (κ2) is 4.81. The molecule has 2 aromatic heterocycles. The first kappa shape index (κ1) is 11.9. The van der Waals surface area contributed by atoms with E-state index >= 15 is 0 Å². The molecule has 3 aromatic rings. The highest BCUT2D eigenvalue weighted by molar-refractivity contribution is 7.22. The third-order valence-electron chi connectivity index (χ3n) is 2.62. The SMILES string of the molecule is CNc1ccc(Nc2nc3ccc(F)cc3s2)cn1. The Hall–Kier alpha value is -2.21. The summed E-state index contributed by atoms with van der Waals surface area (Å²) < 4.78 is 13.9. The number of halogens is 1. The van der Waals surface area contributed by atoms with Gasteiger partial charge in [-0.15, -0.1) is 0 Å². The Labute approximate surface area is 113 Å². The number of pyridine rings is 1. The number of fused-ring (bicyclic) bond motifs is 1. The molecule has 0 aliphatic heterocycles. The van der Waals surface area contributed by atoms with Crippen LogP contribution in [-0.2, 0) is 0 Å². The van der Waals surface area contributed by atoms with Gasteiger partial charge in [0.05, 0.1) is 22.1 Å². The fraction of sp³-hybridized carbons (Fsp3) is 0.0769. The lowest BCUT2D eigenvalue weighted by Crippen LogP contribution is -1.94. The lowest BCUT2D eigenvalue weighted by molar-refractivity contribution is 0.630. The molecule has 1 aromatic carbocycles. The summed E-state index contributed by atoms with van der Waals surface area (Å²) in [6.45, 7) is 0. The monoisotopic (exact) mass is 274 g/mol. The average molecular weight is 274 g/mol. The molecule has 2 N–H and O–H groups in total. The summed E-state index contributed by atoms with van der Waals surface area (Å²) in [5.41, 5.74) is 1.63. The number of benzene rings is 1. The van der Waals surface area contributed by atoms with Crippen molar-refractivity contribution in [3.63, 3.8) is 0 Å². The molecule has 0 aliphatic rings. The summed E-state index contributed by atoms with van der Waals surface area (Å²) in [4.78, 5) is 8.59. The second-order valence-corrected chi connectivity index (χ2v) is 4.97. The number of nitrogens with one attached hydrogen (secondary N) is 2. The van der Waals surface area contributed by atoms with Gasteiger partial charge in [0.25, 0.3) is 0 Å². The van der Waals surface area contributed by atoms with Crippen LogP contribution >= 0.6 is 11.3 Å². The van der Waals surface area contributed by atoms with E-state index in [0.29, 0.717) is 0 Å². The standard InChI is InChI=1S/C13H11FN4S/c1-15-12-5-3-9(7-16-12)17-13-18-10-4-2-8(14)6-11(10)19-13/h2-7H,1H3,(H,15,16)(H,17,18). The summed E-state index contributed by atoms with van der Waals surface area (Å²) in [5, 5.41) is 6.83. The van der Waals surface area contributed by atoms with Crippen LogP contribution in [0.2, 0.25) is 0 Å². The number of anilines is 3. The van der Waals surface area contributed by atoms with Crippen LogP contribution in [-0.4, -0.2) is 17.0 Å². The Kier molecular flexibility index (Phi) is 3.00. The average Bonchev–Trinajstić information content (AvgIpc) is 2.81. The molecular formula is C13H11FN4S. The third kappa shape index (κ3) is 2.48. The van der Waals surface area contributed by atoms with Crippen LogP contribution in [0.1, 0.15) is 0 Å². The number of hydrogen-bond acceptors (Lipinski definition) is 5. The molecule has 3 rings (SSSR count). The molecule has 0 saturated heterocycles. The number of rotatable bonds is 3. The lowest BCUT2D eigenvalue weighted by atomic mass is 10.3. The van der Waals surface area contributed by atoms with Crippen molar-refractivity contribution < 1.29 is 4.39 Å². The number of hydrogen-bond donors (Lipinski definition) is 2. The minimum atomic E-state index is -0.247. The van der Waals surface area contributed by atoms with Gasteiger partial charge in [-0.05, 0) is 30.3 Å². The zero-order chi connectivity index (χ0) is 13.2. The molecule has 6 heteroatoms. The van der Waals surface area contributed by atoms with E-state index < -0.39 is 0 Å². The van der Waals surface area contributed by atoms with E-state index in [4.69, 9.17) is 0 Å². The van der Waals surface area contributed by atoms with Crippen LogP contribution in [0, 0.1) is 5.82 Å². The topological polar surface area (TPSA) is 49.8 Å². The summed E-state index contributed by atoms with van der Waals surface area (Å²) in [6.07, 6.45) is 1.72. The van der Waals surface area contributed by atoms with E-state index in [0.717, 1.165) is 26.9 Å². The van der Waals surface area contributed by atoms with E-state index in [-0.39, 0.29) is 5.82 Å². The van der Waals surface area contributed by atoms with Crippen LogP contribution in [0.3, 0.4) is 0 Å². The van der Waals surface area contributed by atoms with Gasteiger partial charge in [-0.2, -0.15) is 0 Å². The van der Waals surface area contributed by atoms with Crippen molar-refractivity contribution in [1.82, 2.24) is 9.97 Å². The minimum Gasteiger partial charge on any atom is -0.373 e. The molecule has 0 spiro atoms. The van der Waals surface area contributed by atoms with Crippen molar-refractivity contribution in [2.45, 2.75) is 0 Å². The number of aromatic nitrogens is 2. The number of thiazole rings is 1. The van der Waals surface area contributed by atoms with Crippen molar-refractivity contribution in [2.24, 2.45) is 0 Å². The normalized spacial score (nSPS) is 10.6. The first-order chi connectivity index (χ1) is 9.24. The van der Waals surface area contributed by atoms with Crippen molar-refractivity contribution in [3.05, 3.63) is 42.3 Å². The van der Waals surface area contributed by atoms with E-state index in [9.17, 15) is 4.39 Å². The zero-order valence-corrected chi connectivity index (χ0v) is 11.0. The summed E-state index contributed by atoms with van der Waals surface area (Å²) in [7, 11) is 1.82. The minimum absolute atomic E-state index is 0.247. The molecule has 0 amide bonds. The van der Waals surface area contributed by atoms with Crippen molar-refractivity contribution >= 4 is 38.2 Å². The summed E-state index contributed by atoms with van der Waals surface area (Å²) >= 11 is 1.41. The predicted molar refractivity (Wildman–Crippen MR) is 76.6 cm³/mol. The van der Waals surface area contributed by atoms with Gasteiger partial charge in [0.15, 0.2) is 5.13 Å². The van der Waals surface area contributed by atoms with Gasteiger partial charge in [-0.3, -0.25) is 0 Å². The maximum absolute atomic E-state index is 13.1. The van der Waals surface area contributed by atoms with Gasteiger partial charge >= 0.3 is 0 Å². The smallest absolute Gasteiger partial charge is 0.188 e. The molecule has 4 nitrogen and oxygen atoms in total. The molecule has 0 radical (unpaired) electrons. The summed E-state index contributed by atoms with van der Waals surface area (Å²) in [5.74, 6) is 0.555. The Morgan fingerprint density at radius 2 is 2.11 bits per heavy atom. The van der Waals surface area contributed by atoms with Crippen molar-refractivity contribution in [3.8, 4) is 0 Å². The Morgan fingerprint density at radius 3 is 2.84 bits per heavy atom. The highest BCUT2D eigenvalue weighted by Crippen LogP contribution is 2.28. The van der Waals surface area contributed by atoms with E-state index in [1.54, 1.807) is 12.3 Å². The summed E-state index contributed by atoms with van der Waals surface area (Å²) in [6, 6.07) is 8.35. The molecule has 0 fully saturated rings. The fourth-order valence-corrected chi connectivity index (χ4v) is 2.60. The van der Waals surface area contributed by atoms with Crippen LogP contribution in [0.4, 0.5) is 21.0 Å². The lowest BCUT2D eigenvalue weighted by Gasteiger charge is -2.03. The number of nitrogens with zero attached hydrogens (tertiary/aromatic N) is 2. The molecule has 0 aliphatic carbocycles. The van der Waals surface area contributed by atoms with Crippen molar-refractivity contribution in [1.29, 1.82) is 0 Å². The Bertz CT molecular complexity index is 708. The van der Waals surface area contributed by atoms with Crippen LogP contribution in [0.25, 0.3) is 10.2 Å². The largest absolute Gasteiger partial charge is 0.373 e. The quantitative estimate of drug-likeness (QED) is 0.766.